The van der Waals surface area contributed by atoms with E-state index in [2.05, 4.69) is 25.4 Å². The fourth-order valence-corrected chi connectivity index (χ4v) is 1.23. The van der Waals surface area contributed by atoms with Crippen molar-refractivity contribution in [3.8, 4) is 0 Å². The summed E-state index contributed by atoms with van der Waals surface area (Å²) in [6.07, 6.45) is 2.53. The van der Waals surface area contributed by atoms with Crippen LogP contribution in [0.3, 0.4) is 0 Å². The maximum atomic E-state index is 4.38. The van der Waals surface area contributed by atoms with Crippen molar-refractivity contribution >= 4 is 20.6 Å². The topological polar surface area (TPSA) is 3.24 Å². The van der Waals surface area contributed by atoms with E-state index >= 15 is 0 Å². The van der Waals surface area contributed by atoms with Gasteiger partial charge in [-0.3, -0.25) is 0 Å². The molecule has 0 aromatic rings. The molecule has 1 heterocycles. The van der Waals surface area contributed by atoms with Crippen molar-refractivity contribution in [1.29, 1.82) is 0 Å². The lowest BCUT2D eigenvalue weighted by Crippen LogP contribution is -2.31. The van der Waals surface area contributed by atoms with Gasteiger partial charge in [0.1, 0.15) is 0 Å². The van der Waals surface area contributed by atoms with Crippen molar-refractivity contribution < 1.29 is 0 Å². The van der Waals surface area contributed by atoms with Crippen LogP contribution < -0.4 is 0 Å². The summed E-state index contributed by atoms with van der Waals surface area (Å²) in [5.74, 6) is 0. The van der Waals surface area contributed by atoms with Crippen molar-refractivity contribution in [3.05, 3.63) is 0 Å². The molecule has 1 aliphatic heterocycles. The second-order valence-corrected chi connectivity index (χ2v) is 3.26. The highest BCUT2D eigenvalue weighted by atomic mass is 32.1. The molecule has 0 aromatic carbocycles. The van der Waals surface area contributed by atoms with E-state index in [4.69, 9.17) is 0 Å². The van der Waals surface area contributed by atoms with Gasteiger partial charge in [-0.25, -0.2) is 0 Å². The first-order chi connectivity index (χ1) is 3.79. The molecule has 0 amide bonds. The molecule has 0 aromatic heterocycles. The molecule has 0 saturated carbocycles. The highest BCUT2D eigenvalue weighted by molar-refractivity contribution is 7.80. The van der Waals surface area contributed by atoms with Gasteiger partial charge in [-0.2, -0.15) is 12.6 Å². The third kappa shape index (κ3) is 1.71. The van der Waals surface area contributed by atoms with E-state index in [1.165, 1.54) is 25.9 Å². The Morgan fingerprint density at radius 2 is 1.88 bits per heavy atom. The summed E-state index contributed by atoms with van der Waals surface area (Å²) in [5.41, 5.74) is 0. The lowest BCUT2D eigenvalue weighted by Gasteiger charge is -2.25. The van der Waals surface area contributed by atoms with Gasteiger partial charge in [0, 0.05) is 5.25 Å². The molecule has 1 rings (SSSR count). The summed E-state index contributed by atoms with van der Waals surface area (Å²) in [5, 5.41) is 0.672. The summed E-state index contributed by atoms with van der Waals surface area (Å²) >= 11 is 4.38. The van der Waals surface area contributed by atoms with Crippen molar-refractivity contribution in [3.63, 3.8) is 0 Å². The maximum Gasteiger partial charge on any atom is 0.185 e. The quantitative estimate of drug-likeness (QED) is 0.354. The van der Waals surface area contributed by atoms with E-state index < -0.39 is 0 Å². The second kappa shape index (κ2) is 2.78. The minimum Gasteiger partial charge on any atom is -0.349 e. The summed E-state index contributed by atoms with van der Waals surface area (Å²) in [7, 11) is 2.17. The monoisotopic (exact) mass is 129 g/mol. The van der Waals surface area contributed by atoms with Crippen LogP contribution in [0.2, 0.25) is 0 Å². The van der Waals surface area contributed by atoms with Crippen molar-refractivity contribution in [2.24, 2.45) is 0 Å². The van der Waals surface area contributed by atoms with Crippen LogP contribution in [-0.4, -0.2) is 31.1 Å². The Kier molecular flexibility index (Phi) is 2.26. The van der Waals surface area contributed by atoms with Gasteiger partial charge in [-0.1, -0.05) is 0 Å². The third-order valence-corrected chi connectivity index (χ3v) is 2.20. The second-order valence-electron chi connectivity index (χ2n) is 2.53. The zero-order valence-electron chi connectivity index (χ0n) is 5.30. The van der Waals surface area contributed by atoms with Crippen molar-refractivity contribution in [2.45, 2.75) is 18.1 Å². The Balaban J connectivity index is 2.19. The molecule has 8 heavy (non-hydrogen) atoms. The van der Waals surface area contributed by atoms with Crippen LogP contribution >= 0.6 is 12.6 Å². The van der Waals surface area contributed by atoms with E-state index in [9.17, 15) is 0 Å². The van der Waals surface area contributed by atoms with Gasteiger partial charge in [-0.05, 0) is 25.9 Å². The predicted molar refractivity (Wildman–Crippen MR) is 42.1 cm³/mol. The van der Waals surface area contributed by atoms with Crippen LogP contribution in [0.15, 0.2) is 0 Å². The average Bonchev–Trinajstić information content (AvgIpc) is 1.77. The lowest BCUT2D eigenvalue weighted by molar-refractivity contribution is 0.375. The van der Waals surface area contributed by atoms with Gasteiger partial charge in [0.2, 0.25) is 0 Å². The van der Waals surface area contributed by atoms with Crippen LogP contribution in [0.1, 0.15) is 12.8 Å². The molecule has 3 heteroatoms. The van der Waals surface area contributed by atoms with Crippen molar-refractivity contribution in [2.75, 3.05) is 13.1 Å². The molecule has 1 saturated heterocycles. The molecule has 0 radical (unpaired) electrons. The third-order valence-electron chi connectivity index (χ3n) is 1.69. The fraction of sp³-hybridized carbons (Fsp3) is 1.00. The molecular weight excluding hydrogens is 117 g/mol. The van der Waals surface area contributed by atoms with Gasteiger partial charge >= 0.3 is 0 Å². The largest absolute Gasteiger partial charge is 0.349 e. The van der Waals surface area contributed by atoms with Crippen LogP contribution in [0.25, 0.3) is 0 Å². The van der Waals surface area contributed by atoms with Crippen LogP contribution in [0.5, 0.6) is 0 Å². The number of thiol groups is 1. The minimum absolute atomic E-state index is 0.672. The maximum absolute atomic E-state index is 4.38. The molecule has 46 valence electrons. The Morgan fingerprint density at radius 3 is 2.25 bits per heavy atom. The number of hydrogen-bond donors (Lipinski definition) is 1. The standard InChI is InChI=1S/C5H12BNS/c6-7-3-1-5(8)2-4-7/h5,8H,1-4,6H2. The van der Waals surface area contributed by atoms with E-state index in [0.29, 0.717) is 5.25 Å². The summed E-state index contributed by atoms with van der Waals surface area (Å²) in [6.45, 7) is 2.46. The highest BCUT2D eigenvalue weighted by Crippen LogP contribution is 2.12. The zero-order chi connectivity index (χ0) is 5.98. The summed E-state index contributed by atoms with van der Waals surface area (Å²) in [4.78, 5) is 2.35. The first-order valence-corrected chi connectivity index (χ1v) is 3.67. The van der Waals surface area contributed by atoms with Gasteiger partial charge in [-0.15, -0.1) is 0 Å². The Morgan fingerprint density at radius 1 is 1.38 bits per heavy atom. The molecule has 1 aliphatic rings. The van der Waals surface area contributed by atoms with E-state index in [-0.39, 0.29) is 0 Å². The lowest BCUT2D eigenvalue weighted by atomic mass is 10.1. The van der Waals surface area contributed by atoms with Gasteiger partial charge < -0.3 is 4.81 Å². The molecule has 0 spiro atoms. The fourth-order valence-electron chi connectivity index (χ4n) is 0.995. The van der Waals surface area contributed by atoms with Crippen molar-refractivity contribution in [1.82, 2.24) is 4.81 Å². The molecule has 1 nitrogen and oxygen atoms in total. The number of nitrogens with zero attached hydrogens (tertiary/aromatic N) is 1. The molecule has 0 atom stereocenters. The molecule has 0 N–H and O–H groups in total. The molecule has 1 fully saturated rings. The smallest absolute Gasteiger partial charge is 0.185 e. The molecule has 0 bridgehead atoms. The molecule has 0 aliphatic carbocycles. The molecular formula is C5H12BNS. The zero-order valence-corrected chi connectivity index (χ0v) is 6.19. The number of hydrogen-bond acceptors (Lipinski definition) is 2. The average molecular weight is 129 g/mol. The van der Waals surface area contributed by atoms with Gasteiger partial charge in [0.25, 0.3) is 0 Å². The predicted octanol–water partition coefficient (Wildman–Crippen LogP) is -0.0713. The van der Waals surface area contributed by atoms with Gasteiger partial charge in [0.15, 0.2) is 7.98 Å². The SMILES string of the molecule is BN1CCC(S)CC1. The van der Waals surface area contributed by atoms with Crippen LogP contribution in [-0.2, 0) is 0 Å². The first-order valence-electron chi connectivity index (χ1n) is 3.15. The Hall–Kier alpha value is 0.375. The Bertz CT molecular complexity index is 60.8. The normalized spacial score (nSPS) is 26.1. The van der Waals surface area contributed by atoms with E-state index in [1.807, 2.05) is 0 Å². The first kappa shape index (κ1) is 6.49. The number of rotatable bonds is 0. The summed E-state index contributed by atoms with van der Waals surface area (Å²) in [6, 6.07) is 0. The van der Waals surface area contributed by atoms with E-state index in [0.717, 1.165) is 0 Å². The number of piperidine rings is 1. The van der Waals surface area contributed by atoms with Crippen LogP contribution in [0, 0.1) is 0 Å². The van der Waals surface area contributed by atoms with Crippen LogP contribution in [0.4, 0.5) is 0 Å². The van der Waals surface area contributed by atoms with E-state index in [1.54, 1.807) is 0 Å². The highest BCUT2D eigenvalue weighted by Gasteiger charge is 2.11. The van der Waals surface area contributed by atoms with Gasteiger partial charge in [0.05, 0.1) is 0 Å². The Labute approximate surface area is 57.3 Å². The summed E-state index contributed by atoms with van der Waals surface area (Å²) < 4.78 is 0. The minimum atomic E-state index is 0.672. The molecule has 0 unspecified atom stereocenters.